The molecule has 1 rings (SSSR count). The van der Waals surface area contributed by atoms with Crippen molar-refractivity contribution in [1.82, 2.24) is 10.2 Å². The standard InChI is InChI=1S/C11H22N2O/c1-10(2)9-11(14)13-7-4-3-5-12-6-8-13/h10,12H,3-9H2,1-2H3. The maximum absolute atomic E-state index is 11.8. The Bertz CT molecular complexity index is 172. The van der Waals surface area contributed by atoms with Crippen LogP contribution in [-0.2, 0) is 4.79 Å². The van der Waals surface area contributed by atoms with Crippen LogP contribution in [0.15, 0.2) is 0 Å². The van der Waals surface area contributed by atoms with E-state index in [4.69, 9.17) is 0 Å². The second kappa shape index (κ2) is 6.02. The predicted octanol–water partition coefficient (Wildman–Crippen LogP) is 1.24. The van der Waals surface area contributed by atoms with Crippen molar-refractivity contribution in [3.63, 3.8) is 0 Å². The van der Waals surface area contributed by atoms with Crippen LogP contribution < -0.4 is 5.32 Å². The molecule has 14 heavy (non-hydrogen) atoms. The third kappa shape index (κ3) is 4.09. The van der Waals surface area contributed by atoms with E-state index in [2.05, 4.69) is 19.2 Å². The van der Waals surface area contributed by atoms with Crippen molar-refractivity contribution in [2.45, 2.75) is 33.1 Å². The topological polar surface area (TPSA) is 32.3 Å². The van der Waals surface area contributed by atoms with Crippen molar-refractivity contribution >= 4 is 5.91 Å². The quantitative estimate of drug-likeness (QED) is 0.724. The van der Waals surface area contributed by atoms with Gasteiger partial charge in [-0.25, -0.2) is 0 Å². The number of nitrogens with zero attached hydrogens (tertiary/aromatic N) is 1. The van der Waals surface area contributed by atoms with Gasteiger partial charge in [0.15, 0.2) is 0 Å². The number of amides is 1. The Labute approximate surface area is 86.9 Å². The molecule has 0 unspecified atom stereocenters. The zero-order valence-electron chi connectivity index (χ0n) is 9.38. The van der Waals surface area contributed by atoms with Gasteiger partial charge >= 0.3 is 0 Å². The lowest BCUT2D eigenvalue weighted by molar-refractivity contribution is -0.132. The van der Waals surface area contributed by atoms with Crippen LogP contribution in [0.25, 0.3) is 0 Å². The Morgan fingerprint density at radius 2 is 2.07 bits per heavy atom. The first-order chi connectivity index (χ1) is 6.70. The molecule has 0 bridgehead atoms. The summed E-state index contributed by atoms with van der Waals surface area (Å²) in [4.78, 5) is 13.8. The lowest BCUT2D eigenvalue weighted by atomic mass is 10.1. The van der Waals surface area contributed by atoms with Crippen LogP contribution in [0.4, 0.5) is 0 Å². The van der Waals surface area contributed by atoms with E-state index < -0.39 is 0 Å². The minimum Gasteiger partial charge on any atom is -0.341 e. The van der Waals surface area contributed by atoms with E-state index in [1.54, 1.807) is 0 Å². The van der Waals surface area contributed by atoms with Gasteiger partial charge in [-0.05, 0) is 25.3 Å². The molecule has 3 heteroatoms. The summed E-state index contributed by atoms with van der Waals surface area (Å²) in [6.45, 7) is 8.08. The van der Waals surface area contributed by atoms with Crippen molar-refractivity contribution < 1.29 is 4.79 Å². The Hall–Kier alpha value is -0.570. The molecule has 0 aromatic rings. The van der Waals surface area contributed by atoms with Gasteiger partial charge in [-0.15, -0.1) is 0 Å². The molecule has 1 fully saturated rings. The summed E-state index contributed by atoms with van der Waals surface area (Å²) in [5, 5.41) is 3.33. The third-order valence-electron chi connectivity index (χ3n) is 2.53. The largest absolute Gasteiger partial charge is 0.341 e. The molecule has 0 spiro atoms. The average molecular weight is 198 g/mol. The minimum atomic E-state index is 0.323. The highest BCUT2D eigenvalue weighted by Gasteiger charge is 2.15. The second-order valence-corrected chi connectivity index (χ2v) is 4.44. The first-order valence-electron chi connectivity index (χ1n) is 5.68. The molecule has 1 aliphatic heterocycles. The number of carbonyl (C=O) groups is 1. The molecule has 0 saturated carbocycles. The number of hydrogen-bond donors (Lipinski definition) is 1. The Balaban J connectivity index is 2.35. The van der Waals surface area contributed by atoms with E-state index in [1.807, 2.05) is 4.90 Å². The number of rotatable bonds is 2. The van der Waals surface area contributed by atoms with E-state index in [0.29, 0.717) is 18.2 Å². The Kier molecular flexibility index (Phi) is 4.94. The summed E-state index contributed by atoms with van der Waals surface area (Å²) in [5.41, 5.74) is 0. The van der Waals surface area contributed by atoms with Gasteiger partial charge in [0.25, 0.3) is 0 Å². The van der Waals surface area contributed by atoms with Gasteiger partial charge in [0, 0.05) is 26.1 Å². The van der Waals surface area contributed by atoms with Crippen LogP contribution in [0.3, 0.4) is 0 Å². The lowest BCUT2D eigenvalue weighted by Gasteiger charge is -2.25. The summed E-state index contributed by atoms with van der Waals surface area (Å²) in [7, 11) is 0. The number of carbonyl (C=O) groups excluding carboxylic acids is 1. The van der Waals surface area contributed by atoms with Gasteiger partial charge < -0.3 is 10.2 Å². The molecule has 0 radical (unpaired) electrons. The van der Waals surface area contributed by atoms with Crippen LogP contribution in [-0.4, -0.2) is 37.0 Å². The van der Waals surface area contributed by atoms with Gasteiger partial charge in [0.1, 0.15) is 0 Å². The maximum atomic E-state index is 11.8. The Morgan fingerprint density at radius 3 is 2.79 bits per heavy atom. The highest BCUT2D eigenvalue weighted by Crippen LogP contribution is 2.06. The minimum absolute atomic E-state index is 0.323. The van der Waals surface area contributed by atoms with E-state index in [-0.39, 0.29) is 0 Å². The van der Waals surface area contributed by atoms with Crippen LogP contribution in [0.2, 0.25) is 0 Å². The zero-order chi connectivity index (χ0) is 10.4. The molecule has 0 aromatic carbocycles. The van der Waals surface area contributed by atoms with Crippen LogP contribution in [0.5, 0.6) is 0 Å². The molecule has 1 saturated heterocycles. The number of nitrogens with one attached hydrogen (secondary N) is 1. The fraction of sp³-hybridized carbons (Fsp3) is 0.909. The van der Waals surface area contributed by atoms with Gasteiger partial charge in [-0.3, -0.25) is 4.79 Å². The summed E-state index contributed by atoms with van der Waals surface area (Å²) >= 11 is 0. The molecule has 1 heterocycles. The molecule has 3 nitrogen and oxygen atoms in total. The second-order valence-electron chi connectivity index (χ2n) is 4.44. The molecule has 0 atom stereocenters. The van der Waals surface area contributed by atoms with Crippen molar-refractivity contribution in [3.8, 4) is 0 Å². The van der Waals surface area contributed by atoms with Crippen molar-refractivity contribution in [3.05, 3.63) is 0 Å². The first-order valence-corrected chi connectivity index (χ1v) is 5.68. The van der Waals surface area contributed by atoms with E-state index in [0.717, 1.165) is 32.6 Å². The first kappa shape index (κ1) is 11.5. The van der Waals surface area contributed by atoms with Crippen molar-refractivity contribution in [2.75, 3.05) is 26.2 Å². The summed E-state index contributed by atoms with van der Waals surface area (Å²) in [6.07, 6.45) is 3.02. The van der Waals surface area contributed by atoms with Gasteiger partial charge in [-0.1, -0.05) is 13.8 Å². The smallest absolute Gasteiger partial charge is 0.222 e. The van der Waals surface area contributed by atoms with Crippen LogP contribution in [0, 0.1) is 5.92 Å². The van der Waals surface area contributed by atoms with Crippen LogP contribution in [0.1, 0.15) is 33.1 Å². The highest BCUT2D eigenvalue weighted by molar-refractivity contribution is 5.76. The molecule has 1 aliphatic rings. The highest BCUT2D eigenvalue weighted by atomic mass is 16.2. The molecule has 82 valence electrons. The van der Waals surface area contributed by atoms with Gasteiger partial charge in [-0.2, -0.15) is 0 Å². The van der Waals surface area contributed by atoms with Crippen molar-refractivity contribution in [1.29, 1.82) is 0 Å². The molecule has 1 N–H and O–H groups in total. The summed E-state index contributed by atoms with van der Waals surface area (Å²) < 4.78 is 0. The Morgan fingerprint density at radius 1 is 1.29 bits per heavy atom. The SMILES string of the molecule is CC(C)CC(=O)N1CCCCNCC1. The number of hydrogen-bond acceptors (Lipinski definition) is 2. The monoisotopic (exact) mass is 198 g/mol. The normalized spacial score (nSPS) is 19.2. The van der Waals surface area contributed by atoms with E-state index in [9.17, 15) is 4.79 Å². The average Bonchev–Trinajstić information content (AvgIpc) is 2.00. The summed E-state index contributed by atoms with van der Waals surface area (Å²) in [6, 6.07) is 0. The van der Waals surface area contributed by atoms with E-state index >= 15 is 0 Å². The molecular weight excluding hydrogens is 176 g/mol. The molecule has 1 amide bonds. The molecular formula is C11H22N2O. The molecule has 0 aromatic heterocycles. The van der Waals surface area contributed by atoms with Crippen molar-refractivity contribution in [2.24, 2.45) is 5.92 Å². The fourth-order valence-electron chi connectivity index (χ4n) is 1.73. The van der Waals surface area contributed by atoms with E-state index in [1.165, 1.54) is 6.42 Å². The van der Waals surface area contributed by atoms with Gasteiger partial charge in [0.2, 0.25) is 5.91 Å². The van der Waals surface area contributed by atoms with Gasteiger partial charge in [0.05, 0.1) is 0 Å². The lowest BCUT2D eigenvalue weighted by Crippen LogP contribution is -2.40. The zero-order valence-corrected chi connectivity index (χ0v) is 9.38. The predicted molar refractivity (Wildman–Crippen MR) is 58.1 cm³/mol. The van der Waals surface area contributed by atoms with Crippen LogP contribution >= 0.6 is 0 Å². The third-order valence-corrected chi connectivity index (χ3v) is 2.53. The fourth-order valence-corrected chi connectivity index (χ4v) is 1.73. The summed E-state index contributed by atoms with van der Waals surface area (Å²) in [5.74, 6) is 0.796. The molecule has 0 aliphatic carbocycles. The maximum Gasteiger partial charge on any atom is 0.222 e.